The molecule has 0 unspecified atom stereocenters. The molecule has 0 saturated carbocycles. The van der Waals surface area contributed by atoms with Crippen LogP contribution in [-0.2, 0) is 15.7 Å². The molecule has 0 heterocycles. The van der Waals surface area contributed by atoms with Gasteiger partial charge in [-0.2, -0.15) is 0 Å². The van der Waals surface area contributed by atoms with Crippen LogP contribution >= 0.6 is 10.7 Å². The number of hydrogen-bond donors (Lipinski definition) is 0. The van der Waals surface area contributed by atoms with Crippen molar-refractivity contribution in [1.82, 2.24) is 0 Å². The first-order valence-electron chi connectivity index (χ1n) is 5.48. The fraction of sp³-hybridized carbons (Fsp3) is 0.0769. The Balaban J connectivity index is 2.08. The molecular formula is C13H9ClF2O3S. The van der Waals surface area contributed by atoms with Crippen LogP contribution in [-0.4, -0.2) is 8.42 Å². The van der Waals surface area contributed by atoms with E-state index in [-0.39, 0.29) is 17.1 Å². The monoisotopic (exact) mass is 318 g/mol. The van der Waals surface area contributed by atoms with Gasteiger partial charge in [-0.1, -0.05) is 0 Å². The maximum absolute atomic E-state index is 13.4. The molecule has 106 valence electrons. The predicted molar refractivity (Wildman–Crippen MR) is 70.2 cm³/mol. The summed E-state index contributed by atoms with van der Waals surface area (Å²) in [6.07, 6.45) is 0. The van der Waals surface area contributed by atoms with Crippen LogP contribution in [0.3, 0.4) is 0 Å². The second-order valence-electron chi connectivity index (χ2n) is 3.93. The van der Waals surface area contributed by atoms with E-state index in [2.05, 4.69) is 0 Å². The second kappa shape index (κ2) is 5.76. The Morgan fingerprint density at radius 3 is 2.25 bits per heavy atom. The highest BCUT2D eigenvalue weighted by molar-refractivity contribution is 8.13. The minimum Gasteiger partial charge on any atom is -0.489 e. The quantitative estimate of drug-likeness (QED) is 0.811. The third-order valence-corrected chi connectivity index (χ3v) is 3.88. The lowest BCUT2D eigenvalue weighted by Crippen LogP contribution is -1.99. The van der Waals surface area contributed by atoms with Gasteiger partial charge in [0.25, 0.3) is 9.05 Å². The Bertz CT molecular complexity index is 715. The zero-order valence-corrected chi connectivity index (χ0v) is 11.6. The third-order valence-electron chi connectivity index (χ3n) is 2.51. The number of ether oxygens (including phenoxy) is 1. The van der Waals surface area contributed by atoms with Crippen LogP contribution in [0, 0.1) is 11.6 Å². The maximum Gasteiger partial charge on any atom is 0.261 e. The highest BCUT2D eigenvalue weighted by Gasteiger charge is 2.10. The van der Waals surface area contributed by atoms with Gasteiger partial charge >= 0.3 is 0 Å². The van der Waals surface area contributed by atoms with Gasteiger partial charge in [-0.05, 0) is 36.4 Å². The van der Waals surface area contributed by atoms with E-state index in [0.29, 0.717) is 5.75 Å². The standard InChI is InChI=1S/C13H9ClF2O3S/c14-20(17,18)12-5-3-11(4-6-12)19-8-9-1-2-10(15)7-13(9)16/h1-7H,8H2. The zero-order chi connectivity index (χ0) is 14.8. The Hall–Kier alpha value is -1.66. The maximum atomic E-state index is 13.4. The Kier molecular flexibility index (Phi) is 4.25. The summed E-state index contributed by atoms with van der Waals surface area (Å²) in [7, 11) is 1.38. The third kappa shape index (κ3) is 3.68. The SMILES string of the molecule is O=S(=O)(Cl)c1ccc(OCc2ccc(F)cc2F)cc1. The Morgan fingerprint density at radius 1 is 1.05 bits per heavy atom. The highest BCUT2D eigenvalue weighted by Crippen LogP contribution is 2.20. The largest absolute Gasteiger partial charge is 0.489 e. The molecule has 2 aromatic carbocycles. The first-order chi connectivity index (χ1) is 9.36. The molecular weight excluding hydrogens is 310 g/mol. The summed E-state index contributed by atoms with van der Waals surface area (Å²) >= 11 is 0. The zero-order valence-electron chi connectivity index (χ0n) is 10.0. The van der Waals surface area contributed by atoms with Gasteiger partial charge in [-0.25, -0.2) is 17.2 Å². The molecule has 0 saturated heterocycles. The molecule has 0 aliphatic carbocycles. The number of rotatable bonds is 4. The van der Waals surface area contributed by atoms with Crippen LogP contribution in [0.15, 0.2) is 47.4 Å². The fourth-order valence-corrected chi connectivity index (χ4v) is 2.27. The number of benzene rings is 2. The fourth-order valence-electron chi connectivity index (χ4n) is 1.50. The van der Waals surface area contributed by atoms with Gasteiger partial charge in [0.05, 0.1) is 4.90 Å². The molecule has 0 N–H and O–H groups in total. The van der Waals surface area contributed by atoms with E-state index in [4.69, 9.17) is 15.4 Å². The predicted octanol–water partition coefficient (Wildman–Crippen LogP) is 3.47. The van der Waals surface area contributed by atoms with Gasteiger partial charge in [0, 0.05) is 22.3 Å². The molecule has 2 rings (SSSR count). The average molecular weight is 319 g/mol. The van der Waals surface area contributed by atoms with E-state index in [0.717, 1.165) is 12.1 Å². The number of hydrogen-bond acceptors (Lipinski definition) is 3. The molecule has 0 atom stereocenters. The van der Waals surface area contributed by atoms with Crippen molar-refractivity contribution in [1.29, 1.82) is 0 Å². The summed E-state index contributed by atoms with van der Waals surface area (Å²) in [5, 5.41) is 0. The van der Waals surface area contributed by atoms with Crippen molar-refractivity contribution in [3.8, 4) is 5.75 Å². The Labute approximate surface area is 119 Å². The van der Waals surface area contributed by atoms with E-state index >= 15 is 0 Å². The summed E-state index contributed by atoms with van der Waals surface area (Å²) in [5.74, 6) is -1.02. The smallest absolute Gasteiger partial charge is 0.261 e. The lowest BCUT2D eigenvalue weighted by Gasteiger charge is -2.07. The van der Waals surface area contributed by atoms with Crippen LogP contribution in [0.2, 0.25) is 0 Å². The minimum absolute atomic E-state index is 0.0560. The molecule has 20 heavy (non-hydrogen) atoms. The molecule has 0 spiro atoms. The van der Waals surface area contributed by atoms with Gasteiger partial charge < -0.3 is 4.74 Å². The van der Waals surface area contributed by atoms with Crippen molar-refractivity contribution >= 4 is 19.7 Å². The van der Waals surface area contributed by atoms with Crippen LogP contribution in [0.4, 0.5) is 8.78 Å². The van der Waals surface area contributed by atoms with Gasteiger partial charge in [0.15, 0.2) is 0 Å². The van der Waals surface area contributed by atoms with E-state index in [1.54, 1.807) is 0 Å². The molecule has 0 amide bonds. The van der Waals surface area contributed by atoms with E-state index in [1.807, 2.05) is 0 Å². The second-order valence-corrected chi connectivity index (χ2v) is 6.50. The van der Waals surface area contributed by atoms with Crippen molar-refractivity contribution in [3.05, 3.63) is 59.7 Å². The highest BCUT2D eigenvalue weighted by atomic mass is 35.7. The van der Waals surface area contributed by atoms with Gasteiger partial charge in [-0.3, -0.25) is 0 Å². The van der Waals surface area contributed by atoms with E-state index in [9.17, 15) is 17.2 Å². The topological polar surface area (TPSA) is 43.4 Å². The molecule has 3 nitrogen and oxygen atoms in total. The first kappa shape index (κ1) is 14.7. The first-order valence-corrected chi connectivity index (χ1v) is 7.78. The van der Waals surface area contributed by atoms with Crippen molar-refractivity contribution in [2.45, 2.75) is 11.5 Å². The van der Waals surface area contributed by atoms with Gasteiger partial charge in [0.2, 0.25) is 0 Å². The molecule has 0 bridgehead atoms. The number of halogens is 3. The lowest BCUT2D eigenvalue weighted by molar-refractivity contribution is 0.299. The lowest BCUT2D eigenvalue weighted by atomic mass is 10.2. The molecule has 0 aromatic heterocycles. The Morgan fingerprint density at radius 2 is 1.70 bits per heavy atom. The van der Waals surface area contributed by atoms with Crippen molar-refractivity contribution < 1.29 is 21.9 Å². The van der Waals surface area contributed by atoms with Crippen molar-refractivity contribution in [3.63, 3.8) is 0 Å². The summed E-state index contributed by atoms with van der Waals surface area (Å²) in [6.45, 7) is -0.0981. The minimum atomic E-state index is -3.78. The van der Waals surface area contributed by atoms with E-state index in [1.165, 1.54) is 30.3 Å². The van der Waals surface area contributed by atoms with E-state index < -0.39 is 20.7 Å². The average Bonchev–Trinajstić information content (AvgIpc) is 2.37. The van der Waals surface area contributed by atoms with Crippen LogP contribution in [0.1, 0.15) is 5.56 Å². The molecule has 7 heteroatoms. The molecule has 0 radical (unpaired) electrons. The summed E-state index contributed by atoms with van der Waals surface area (Å²) < 4.78 is 53.4. The van der Waals surface area contributed by atoms with Crippen LogP contribution in [0.25, 0.3) is 0 Å². The summed E-state index contributed by atoms with van der Waals surface area (Å²) in [6, 6.07) is 8.53. The summed E-state index contributed by atoms with van der Waals surface area (Å²) in [4.78, 5) is -0.0560. The molecule has 0 aliphatic rings. The molecule has 0 aliphatic heterocycles. The normalized spacial score (nSPS) is 11.3. The van der Waals surface area contributed by atoms with Crippen molar-refractivity contribution in [2.24, 2.45) is 0 Å². The van der Waals surface area contributed by atoms with Gasteiger partial charge in [-0.15, -0.1) is 0 Å². The molecule has 2 aromatic rings. The van der Waals surface area contributed by atoms with Gasteiger partial charge in [0.1, 0.15) is 24.0 Å². The van der Waals surface area contributed by atoms with Crippen LogP contribution < -0.4 is 4.74 Å². The molecule has 0 fully saturated rings. The van der Waals surface area contributed by atoms with Crippen LogP contribution in [0.5, 0.6) is 5.75 Å². The summed E-state index contributed by atoms with van der Waals surface area (Å²) in [5.41, 5.74) is 0.195. The van der Waals surface area contributed by atoms with Crippen molar-refractivity contribution in [2.75, 3.05) is 0 Å².